The summed E-state index contributed by atoms with van der Waals surface area (Å²) in [5, 5.41) is 3.11. The molecule has 0 N–H and O–H groups in total. The highest BCUT2D eigenvalue weighted by molar-refractivity contribution is 6.71. The predicted octanol–water partition coefficient (Wildman–Crippen LogP) is 0.887. The number of hydrogen-bond acceptors (Lipinski definition) is 1. The van der Waals surface area contributed by atoms with E-state index in [4.69, 9.17) is 0 Å². The summed E-state index contributed by atoms with van der Waals surface area (Å²) in [6, 6.07) is 17.5. The first kappa shape index (κ1) is 8.74. The minimum absolute atomic E-state index is 0.268. The summed E-state index contributed by atoms with van der Waals surface area (Å²) in [5.41, 5.74) is 2.78. The first-order valence-electron chi connectivity index (χ1n) is 5.26. The van der Waals surface area contributed by atoms with E-state index in [1.165, 1.54) is 11.4 Å². The van der Waals surface area contributed by atoms with Crippen molar-refractivity contribution in [2.45, 2.75) is 0 Å². The largest absolute Gasteiger partial charge is 0.345 e. The van der Waals surface area contributed by atoms with Gasteiger partial charge in [-0.1, -0.05) is 36.4 Å². The average molecular weight is 211 g/mol. The van der Waals surface area contributed by atoms with Crippen LogP contribution < -0.4 is 15.3 Å². The molecule has 74 valence electrons. The van der Waals surface area contributed by atoms with E-state index in [0.717, 1.165) is 0 Å². The lowest BCUT2D eigenvalue weighted by molar-refractivity contribution is 1.22. The van der Waals surface area contributed by atoms with Crippen molar-refractivity contribution < 1.29 is 0 Å². The van der Waals surface area contributed by atoms with Crippen LogP contribution in [0.25, 0.3) is 0 Å². The lowest BCUT2D eigenvalue weighted by atomic mass is 10.2. The Morgan fingerprint density at radius 2 is 1.27 bits per heavy atom. The maximum absolute atomic E-state index is 2.31. The molecule has 1 aliphatic heterocycles. The normalized spacial score (nSPS) is 13.3. The van der Waals surface area contributed by atoms with Crippen molar-refractivity contribution in [3.63, 3.8) is 0 Å². The van der Waals surface area contributed by atoms with Gasteiger partial charge in [-0.25, -0.2) is 0 Å². The molecule has 3 rings (SSSR count). The molecular weight excluding hydrogens is 198 g/mol. The Balaban J connectivity index is 2.20. The van der Waals surface area contributed by atoms with Crippen LogP contribution in [0.3, 0.4) is 0 Å². The fourth-order valence-corrected chi connectivity index (χ4v) is 4.30. The Morgan fingerprint density at radius 1 is 0.800 bits per heavy atom. The van der Waals surface area contributed by atoms with Gasteiger partial charge < -0.3 is 4.90 Å². The number of anilines is 2. The molecule has 2 heteroatoms. The third-order valence-electron chi connectivity index (χ3n) is 3.09. The van der Waals surface area contributed by atoms with Crippen molar-refractivity contribution in [3.05, 3.63) is 48.5 Å². The second-order valence-electron chi connectivity index (χ2n) is 3.99. The van der Waals surface area contributed by atoms with Gasteiger partial charge in [0.25, 0.3) is 0 Å². The quantitative estimate of drug-likeness (QED) is 0.585. The van der Waals surface area contributed by atoms with E-state index >= 15 is 0 Å². The van der Waals surface area contributed by atoms with Gasteiger partial charge in [-0.2, -0.15) is 0 Å². The SMILES string of the molecule is CN1c2ccccc2[SiH2]c2ccccc21. The van der Waals surface area contributed by atoms with E-state index in [-0.39, 0.29) is 9.52 Å². The first-order valence-corrected chi connectivity index (χ1v) is 6.67. The monoisotopic (exact) mass is 211 g/mol. The van der Waals surface area contributed by atoms with Gasteiger partial charge >= 0.3 is 0 Å². The topological polar surface area (TPSA) is 3.24 Å². The standard InChI is InChI=1S/C13H13NSi/c1-14-10-6-2-4-8-12(10)15-13-9-5-3-7-11(13)14/h2-9H,15H2,1H3. The van der Waals surface area contributed by atoms with Gasteiger partial charge in [0, 0.05) is 18.4 Å². The number of hydrogen-bond donors (Lipinski definition) is 0. The van der Waals surface area contributed by atoms with E-state index < -0.39 is 0 Å². The summed E-state index contributed by atoms with van der Waals surface area (Å²) in [6.07, 6.45) is 0. The molecule has 0 saturated heterocycles. The Kier molecular flexibility index (Phi) is 1.89. The summed E-state index contributed by atoms with van der Waals surface area (Å²) in [5.74, 6) is 0. The molecule has 0 aromatic heterocycles. The Hall–Kier alpha value is -1.54. The molecule has 0 saturated carbocycles. The Morgan fingerprint density at radius 3 is 1.80 bits per heavy atom. The molecule has 0 unspecified atom stereocenters. The summed E-state index contributed by atoms with van der Waals surface area (Å²) < 4.78 is 0. The fraction of sp³-hybridized carbons (Fsp3) is 0.0769. The molecule has 0 amide bonds. The summed E-state index contributed by atoms with van der Waals surface area (Å²) in [7, 11) is 1.89. The fourth-order valence-electron chi connectivity index (χ4n) is 2.31. The van der Waals surface area contributed by atoms with Crippen LogP contribution in [-0.4, -0.2) is 16.6 Å². The molecule has 0 radical (unpaired) electrons. The van der Waals surface area contributed by atoms with E-state index in [9.17, 15) is 0 Å². The molecule has 1 nitrogen and oxygen atoms in total. The van der Waals surface area contributed by atoms with Gasteiger partial charge in [0.05, 0.1) is 9.52 Å². The van der Waals surface area contributed by atoms with Crippen LogP contribution in [0.4, 0.5) is 11.4 Å². The highest BCUT2D eigenvalue weighted by Crippen LogP contribution is 2.22. The van der Waals surface area contributed by atoms with Crippen molar-refractivity contribution in [1.29, 1.82) is 0 Å². The Bertz CT molecular complexity index is 462. The van der Waals surface area contributed by atoms with E-state index in [1.807, 2.05) is 0 Å². The zero-order chi connectivity index (χ0) is 10.3. The number of rotatable bonds is 0. The van der Waals surface area contributed by atoms with Gasteiger partial charge in [0.2, 0.25) is 0 Å². The van der Waals surface area contributed by atoms with Crippen LogP contribution >= 0.6 is 0 Å². The first-order chi connectivity index (χ1) is 7.36. The van der Waals surface area contributed by atoms with Gasteiger partial charge in [-0.05, 0) is 22.5 Å². The molecule has 0 spiro atoms. The zero-order valence-electron chi connectivity index (χ0n) is 8.77. The number of benzene rings is 2. The summed E-state index contributed by atoms with van der Waals surface area (Å²) in [6.45, 7) is 0. The smallest absolute Gasteiger partial charge is 0.0929 e. The van der Waals surface area contributed by atoms with Crippen LogP contribution in [-0.2, 0) is 0 Å². The molecule has 0 aliphatic carbocycles. The van der Waals surface area contributed by atoms with Gasteiger partial charge in [0.15, 0.2) is 0 Å². The minimum Gasteiger partial charge on any atom is -0.345 e. The van der Waals surface area contributed by atoms with E-state index in [0.29, 0.717) is 0 Å². The van der Waals surface area contributed by atoms with E-state index in [1.54, 1.807) is 10.4 Å². The third-order valence-corrected chi connectivity index (χ3v) is 5.04. The molecule has 0 atom stereocenters. The molecule has 2 aromatic rings. The molecule has 1 heterocycles. The molecule has 2 aromatic carbocycles. The molecule has 1 aliphatic rings. The predicted molar refractivity (Wildman–Crippen MR) is 68.8 cm³/mol. The lowest BCUT2D eigenvalue weighted by Crippen LogP contribution is -2.39. The second kappa shape index (κ2) is 3.24. The minimum atomic E-state index is -0.268. The maximum Gasteiger partial charge on any atom is 0.0929 e. The second-order valence-corrected chi connectivity index (χ2v) is 5.87. The summed E-state index contributed by atoms with van der Waals surface area (Å²) >= 11 is 0. The van der Waals surface area contributed by atoms with Gasteiger partial charge in [-0.3, -0.25) is 0 Å². The van der Waals surface area contributed by atoms with Crippen LogP contribution in [0.15, 0.2) is 48.5 Å². The Labute approximate surface area is 92.2 Å². The third kappa shape index (κ3) is 1.29. The van der Waals surface area contributed by atoms with Crippen LogP contribution in [0.5, 0.6) is 0 Å². The lowest BCUT2D eigenvalue weighted by Gasteiger charge is -2.29. The van der Waals surface area contributed by atoms with Gasteiger partial charge in [0.1, 0.15) is 0 Å². The number of para-hydroxylation sites is 2. The van der Waals surface area contributed by atoms with Crippen LogP contribution in [0.1, 0.15) is 0 Å². The van der Waals surface area contributed by atoms with Crippen molar-refractivity contribution in [2.75, 3.05) is 11.9 Å². The van der Waals surface area contributed by atoms with Crippen molar-refractivity contribution in [3.8, 4) is 0 Å². The highest BCUT2D eigenvalue weighted by Gasteiger charge is 2.18. The average Bonchev–Trinajstić information content (AvgIpc) is 2.30. The molecule has 15 heavy (non-hydrogen) atoms. The maximum atomic E-state index is 2.31. The summed E-state index contributed by atoms with van der Waals surface area (Å²) in [4.78, 5) is 2.31. The van der Waals surface area contributed by atoms with Gasteiger partial charge in [-0.15, -0.1) is 0 Å². The van der Waals surface area contributed by atoms with Crippen molar-refractivity contribution in [2.24, 2.45) is 0 Å². The van der Waals surface area contributed by atoms with Crippen LogP contribution in [0, 0.1) is 0 Å². The zero-order valence-corrected chi connectivity index (χ0v) is 10.2. The van der Waals surface area contributed by atoms with Crippen LogP contribution in [0.2, 0.25) is 0 Å². The number of fused-ring (bicyclic) bond motifs is 2. The van der Waals surface area contributed by atoms with E-state index in [2.05, 4.69) is 60.5 Å². The van der Waals surface area contributed by atoms with Crippen molar-refractivity contribution >= 4 is 31.3 Å². The number of nitrogens with zero attached hydrogens (tertiary/aromatic N) is 1. The molecule has 0 fully saturated rings. The molecular formula is C13H13NSi. The van der Waals surface area contributed by atoms with Crippen molar-refractivity contribution in [1.82, 2.24) is 0 Å². The highest BCUT2D eigenvalue weighted by atomic mass is 28.2. The molecule has 0 bridgehead atoms.